The molecule has 29 heavy (non-hydrogen) atoms. The highest BCUT2D eigenvalue weighted by molar-refractivity contribution is 7.92. The summed E-state index contributed by atoms with van der Waals surface area (Å²) in [5.74, 6) is -1.31. The van der Waals surface area contributed by atoms with Crippen LogP contribution in [0.2, 0.25) is 0 Å². The summed E-state index contributed by atoms with van der Waals surface area (Å²) in [6, 6.07) is 1.91. The first-order chi connectivity index (χ1) is 13.5. The lowest BCUT2D eigenvalue weighted by Crippen LogP contribution is -2.51. The van der Waals surface area contributed by atoms with Gasteiger partial charge in [-0.25, -0.2) is 26.4 Å². The molecule has 2 amide bonds. The molecular formula is C16H23N3O8S2. The van der Waals surface area contributed by atoms with Gasteiger partial charge in [-0.2, -0.15) is 0 Å². The van der Waals surface area contributed by atoms with Gasteiger partial charge < -0.3 is 20.1 Å². The van der Waals surface area contributed by atoms with Crippen LogP contribution in [0.15, 0.2) is 23.1 Å². The third-order valence-corrected chi connectivity index (χ3v) is 7.26. The van der Waals surface area contributed by atoms with E-state index in [1.54, 1.807) is 6.92 Å². The van der Waals surface area contributed by atoms with E-state index >= 15 is 0 Å². The normalized spacial score (nSPS) is 20.7. The van der Waals surface area contributed by atoms with E-state index in [9.17, 15) is 26.4 Å². The molecule has 2 atom stereocenters. The van der Waals surface area contributed by atoms with Gasteiger partial charge in [-0.05, 0) is 25.1 Å². The number of methoxy groups -OCH3 is 1. The second-order valence-electron chi connectivity index (χ2n) is 6.32. The van der Waals surface area contributed by atoms with Gasteiger partial charge >= 0.3 is 6.09 Å². The van der Waals surface area contributed by atoms with Crippen LogP contribution in [-0.4, -0.2) is 66.1 Å². The van der Waals surface area contributed by atoms with E-state index in [-0.39, 0.29) is 22.9 Å². The molecule has 2 rings (SSSR count). The summed E-state index contributed by atoms with van der Waals surface area (Å²) in [6.07, 6.45) is -0.843. The second kappa shape index (κ2) is 8.97. The van der Waals surface area contributed by atoms with E-state index in [2.05, 4.69) is 15.4 Å². The standard InChI is InChI=1S/C16H23N3O8S2/c1-4-27-16(21)18-12-8-28(22,23)9-13(12)19-29(24,25)15-7-11(17-10(2)20)5-6-14(15)26-3/h5-7,12-13,19H,4,8-9H2,1-3H3,(H,17,20)(H,18,21)/t12-,13-/m1/s1. The number of benzene rings is 1. The monoisotopic (exact) mass is 449 g/mol. The van der Waals surface area contributed by atoms with Crippen LogP contribution in [-0.2, 0) is 29.4 Å². The largest absolute Gasteiger partial charge is 0.495 e. The summed E-state index contributed by atoms with van der Waals surface area (Å²) in [5, 5.41) is 4.84. The van der Waals surface area contributed by atoms with E-state index < -0.39 is 55.5 Å². The molecule has 1 aliphatic heterocycles. The Balaban J connectivity index is 2.33. The molecule has 0 unspecified atom stereocenters. The predicted molar refractivity (Wildman–Crippen MR) is 104 cm³/mol. The molecule has 13 heteroatoms. The molecule has 1 aliphatic rings. The summed E-state index contributed by atoms with van der Waals surface area (Å²) >= 11 is 0. The molecule has 3 N–H and O–H groups in total. The number of hydrogen-bond acceptors (Lipinski definition) is 8. The van der Waals surface area contributed by atoms with Crippen molar-refractivity contribution in [2.24, 2.45) is 0 Å². The maximum atomic E-state index is 12.9. The van der Waals surface area contributed by atoms with Gasteiger partial charge in [0, 0.05) is 12.6 Å². The highest BCUT2D eigenvalue weighted by Crippen LogP contribution is 2.28. The lowest BCUT2D eigenvalue weighted by atomic mass is 10.2. The van der Waals surface area contributed by atoms with Crippen molar-refractivity contribution in [1.29, 1.82) is 0 Å². The highest BCUT2D eigenvalue weighted by Gasteiger charge is 2.41. The molecule has 1 aromatic rings. The van der Waals surface area contributed by atoms with Crippen molar-refractivity contribution in [3.05, 3.63) is 18.2 Å². The number of hydrogen-bond donors (Lipinski definition) is 3. The Labute approximate surface area is 169 Å². The van der Waals surface area contributed by atoms with Crippen molar-refractivity contribution in [3.63, 3.8) is 0 Å². The van der Waals surface area contributed by atoms with Crippen LogP contribution >= 0.6 is 0 Å². The summed E-state index contributed by atoms with van der Waals surface area (Å²) in [7, 11) is -6.57. The quantitative estimate of drug-likeness (QED) is 0.518. The second-order valence-corrected chi connectivity index (χ2v) is 10.2. The van der Waals surface area contributed by atoms with Gasteiger partial charge in [-0.15, -0.1) is 0 Å². The minimum absolute atomic E-state index is 0.00218. The van der Waals surface area contributed by atoms with Crippen LogP contribution in [0.5, 0.6) is 5.75 Å². The Morgan fingerprint density at radius 3 is 2.45 bits per heavy atom. The van der Waals surface area contributed by atoms with Crippen molar-refractivity contribution in [2.45, 2.75) is 30.8 Å². The Bertz CT molecular complexity index is 991. The number of ether oxygens (including phenoxy) is 2. The van der Waals surface area contributed by atoms with Crippen molar-refractivity contribution in [1.82, 2.24) is 10.0 Å². The summed E-state index contributed by atoms with van der Waals surface area (Å²) in [6.45, 7) is 2.93. The minimum atomic E-state index is -4.26. The third kappa shape index (κ3) is 6.05. The van der Waals surface area contributed by atoms with Gasteiger partial charge in [-0.3, -0.25) is 4.79 Å². The highest BCUT2D eigenvalue weighted by atomic mass is 32.2. The number of carbonyl (C=O) groups is 2. The molecule has 0 saturated carbocycles. The number of amides is 2. The molecule has 0 spiro atoms. The van der Waals surface area contributed by atoms with E-state index in [1.165, 1.54) is 32.2 Å². The minimum Gasteiger partial charge on any atom is -0.495 e. The van der Waals surface area contributed by atoms with E-state index in [0.29, 0.717) is 0 Å². The zero-order valence-corrected chi connectivity index (χ0v) is 17.7. The van der Waals surface area contributed by atoms with Crippen molar-refractivity contribution >= 4 is 37.5 Å². The molecule has 0 bridgehead atoms. The number of nitrogens with one attached hydrogen (secondary N) is 3. The van der Waals surface area contributed by atoms with Gasteiger partial charge in [0.05, 0.1) is 37.3 Å². The Morgan fingerprint density at radius 2 is 1.86 bits per heavy atom. The van der Waals surface area contributed by atoms with Crippen molar-refractivity contribution in [2.75, 3.05) is 30.5 Å². The first kappa shape index (κ1) is 22.9. The summed E-state index contributed by atoms with van der Waals surface area (Å²) in [4.78, 5) is 22.6. The lowest BCUT2D eigenvalue weighted by molar-refractivity contribution is -0.114. The smallest absolute Gasteiger partial charge is 0.407 e. The van der Waals surface area contributed by atoms with E-state index in [0.717, 1.165) is 0 Å². The fraction of sp³-hybridized carbons (Fsp3) is 0.500. The molecular weight excluding hydrogens is 426 g/mol. The molecule has 11 nitrogen and oxygen atoms in total. The van der Waals surface area contributed by atoms with Gasteiger partial charge in [0.2, 0.25) is 15.9 Å². The maximum Gasteiger partial charge on any atom is 0.407 e. The van der Waals surface area contributed by atoms with Crippen LogP contribution in [0.25, 0.3) is 0 Å². The topological polar surface area (TPSA) is 157 Å². The molecule has 1 heterocycles. The average Bonchev–Trinajstić information content (AvgIpc) is 2.87. The molecule has 1 fully saturated rings. The molecule has 0 aliphatic carbocycles. The summed E-state index contributed by atoms with van der Waals surface area (Å²) < 4.78 is 62.0. The number of alkyl carbamates (subject to hydrolysis) is 1. The number of anilines is 1. The number of sulfonamides is 1. The van der Waals surface area contributed by atoms with Crippen LogP contribution in [0.1, 0.15) is 13.8 Å². The van der Waals surface area contributed by atoms with Gasteiger partial charge in [0.15, 0.2) is 9.84 Å². The van der Waals surface area contributed by atoms with E-state index in [4.69, 9.17) is 9.47 Å². The number of sulfone groups is 1. The fourth-order valence-electron chi connectivity index (χ4n) is 2.86. The summed E-state index contributed by atoms with van der Waals surface area (Å²) in [5.41, 5.74) is 0.221. The number of rotatable bonds is 7. The van der Waals surface area contributed by atoms with Gasteiger partial charge in [0.25, 0.3) is 0 Å². The van der Waals surface area contributed by atoms with Crippen molar-refractivity contribution in [3.8, 4) is 5.75 Å². The van der Waals surface area contributed by atoms with Crippen LogP contribution < -0.4 is 20.1 Å². The van der Waals surface area contributed by atoms with Crippen LogP contribution in [0.3, 0.4) is 0 Å². The molecule has 1 aromatic carbocycles. The fourth-order valence-corrected chi connectivity index (χ4v) is 6.30. The van der Waals surface area contributed by atoms with Crippen LogP contribution in [0, 0.1) is 0 Å². The SMILES string of the molecule is CCOC(=O)N[C@@H]1CS(=O)(=O)C[C@H]1NS(=O)(=O)c1cc(NC(C)=O)ccc1OC. The van der Waals surface area contributed by atoms with Gasteiger partial charge in [-0.1, -0.05) is 0 Å². The molecule has 1 saturated heterocycles. The molecule has 0 radical (unpaired) electrons. The Morgan fingerprint density at radius 1 is 1.21 bits per heavy atom. The average molecular weight is 450 g/mol. The maximum absolute atomic E-state index is 12.9. The van der Waals surface area contributed by atoms with E-state index in [1.807, 2.05) is 0 Å². The zero-order valence-electron chi connectivity index (χ0n) is 16.1. The Kier molecular flexibility index (Phi) is 7.08. The first-order valence-electron chi connectivity index (χ1n) is 8.59. The molecule has 162 valence electrons. The zero-order chi connectivity index (χ0) is 21.8. The van der Waals surface area contributed by atoms with Crippen LogP contribution in [0.4, 0.5) is 10.5 Å². The van der Waals surface area contributed by atoms with Crippen molar-refractivity contribution < 1.29 is 35.9 Å². The molecule has 0 aromatic heterocycles. The first-order valence-corrected chi connectivity index (χ1v) is 11.9. The third-order valence-electron chi connectivity index (χ3n) is 4.01. The lowest BCUT2D eigenvalue weighted by Gasteiger charge is -2.21. The number of carbonyl (C=O) groups excluding carboxylic acids is 2. The Hall–Kier alpha value is -2.38. The van der Waals surface area contributed by atoms with Gasteiger partial charge in [0.1, 0.15) is 10.6 Å². The predicted octanol–water partition coefficient (Wildman–Crippen LogP) is -0.156.